The number of pyridine rings is 1. The van der Waals surface area contributed by atoms with Crippen molar-refractivity contribution in [3.05, 3.63) is 78.5 Å². The number of benzene rings is 1. The molecule has 3 heterocycles. The van der Waals surface area contributed by atoms with Crippen LogP contribution in [0.3, 0.4) is 0 Å². The van der Waals surface area contributed by atoms with E-state index in [-0.39, 0.29) is 0 Å². The highest BCUT2D eigenvalue weighted by Crippen LogP contribution is 2.26. The van der Waals surface area contributed by atoms with Gasteiger partial charge in [0.15, 0.2) is 5.76 Å². The van der Waals surface area contributed by atoms with Crippen LogP contribution in [0, 0.1) is 0 Å². The van der Waals surface area contributed by atoms with Gasteiger partial charge in [0, 0.05) is 23.4 Å². The average Bonchev–Trinajstić information content (AvgIpc) is 3.18. The molecular formula is C20H18N5O3+. The van der Waals surface area contributed by atoms with Gasteiger partial charge in [-0.15, -0.1) is 0 Å². The maximum atomic E-state index is 5.89. The zero-order chi connectivity index (χ0) is 19.3. The fourth-order valence-electron chi connectivity index (χ4n) is 2.68. The van der Waals surface area contributed by atoms with Crippen LogP contribution in [-0.2, 0) is 6.42 Å². The van der Waals surface area contributed by atoms with Crippen molar-refractivity contribution < 1.29 is 18.8 Å². The lowest BCUT2D eigenvalue weighted by atomic mass is 10.1. The highest BCUT2D eigenvalue weighted by atomic mass is 16.6. The lowest BCUT2D eigenvalue weighted by Crippen LogP contribution is -2.39. The predicted octanol–water partition coefficient (Wildman–Crippen LogP) is 2.44. The van der Waals surface area contributed by atoms with Crippen molar-refractivity contribution in [2.45, 2.75) is 6.42 Å². The zero-order valence-electron chi connectivity index (χ0n) is 15.1. The smallest absolute Gasteiger partial charge is 0.290 e. The molecule has 0 aliphatic carbocycles. The Morgan fingerprint density at radius 3 is 2.75 bits per heavy atom. The SMILES string of the molecule is CO[n+]1ccnc(Oc2ccc(Cc3cc(-c4cccnc4N)on3)cc2)c1. The molecule has 3 aromatic heterocycles. The largest absolute Gasteiger partial charge is 0.434 e. The molecule has 0 bridgehead atoms. The van der Waals surface area contributed by atoms with Gasteiger partial charge in [-0.1, -0.05) is 17.3 Å². The summed E-state index contributed by atoms with van der Waals surface area (Å²) in [4.78, 5) is 13.3. The summed E-state index contributed by atoms with van der Waals surface area (Å²) in [6.45, 7) is 0. The molecule has 0 saturated carbocycles. The van der Waals surface area contributed by atoms with Crippen LogP contribution in [0.4, 0.5) is 5.82 Å². The van der Waals surface area contributed by atoms with E-state index in [4.69, 9.17) is 19.8 Å². The van der Waals surface area contributed by atoms with Crippen LogP contribution in [0.5, 0.6) is 11.6 Å². The molecule has 0 spiro atoms. The molecule has 4 rings (SSSR count). The first-order valence-corrected chi connectivity index (χ1v) is 8.56. The van der Waals surface area contributed by atoms with Gasteiger partial charge < -0.3 is 15.0 Å². The Bertz CT molecular complexity index is 1080. The second-order valence-electron chi connectivity index (χ2n) is 5.98. The van der Waals surface area contributed by atoms with Crippen molar-refractivity contribution >= 4 is 5.82 Å². The number of rotatable bonds is 6. The standard InChI is InChI=1S/C20H18N5O3/c1-26-25-10-9-22-19(13-25)27-16-6-4-14(5-7-16)11-15-12-18(28-24-15)17-3-2-8-23-20(17)21/h2-10,12-13H,11H2,1H3,(H2,21,23)/q+1. The molecule has 0 atom stereocenters. The third-order valence-corrected chi connectivity index (χ3v) is 4.06. The fraction of sp³-hybridized carbons (Fsp3) is 0.100. The van der Waals surface area contributed by atoms with Crippen molar-refractivity contribution in [2.24, 2.45) is 0 Å². The summed E-state index contributed by atoms with van der Waals surface area (Å²) in [7, 11) is 1.57. The summed E-state index contributed by atoms with van der Waals surface area (Å²) >= 11 is 0. The molecule has 0 radical (unpaired) electrons. The molecule has 8 nitrogen and oxygen atoms in total. The van der Waals surface area contributed by atoms with Crippen molar-refractivity contribution in [1.82, 2.24) is 15.1 Å². The summed E-state index contributed by atoms with van der Waals surface area (Å²) < 4.78 is 12.7. The fourth-order valence-corrected chi connectivity index (χ4v) is 2.68. The monoisotopic (exact) mass is 376 g/mol. The highest BCUT2D eigenvalue weighted by Gasteiger charge is 2.11. The van der Waals surface area contributed by atoms with E-state index in [0.717, 1.165) is 16.8 Å². The van der Waals surface area contributed by atoms with E-state index < -0.39 is 0 Å². The lowest BCUT2D eigenvalue weighted by Gasteiger charge is -2.04. The van der Waals surface area contributed by atoms with E-state index in [0.29, 0.717) is 29.6 Å². The Morgan fingerprint density at radius 2 is 1.96 bits per heavy atom. The van der Waals surface area contributed by atoms with Gasteiger partial charge >= 0.3 is 0 Å². The quantitative estimate of drug-likeness (QED) is 0.516. The molecule has 0 saturated heterocycles. The summed E-state index contributed by atoms with van der Waals surface area (Å²) in [6.07, 6.45) is 7.19. The van der Waals surface area contributed by atoms with Gasteiger partial charge in [0.05, 0.1) is 17.5 Å². The summed E-state index contributed by atoms with van der Waals surface area (Å²) in [6, 6.07) is 13.2. The van der Waals surface area contributed by atoms with Gasteiger partial charge in [-0.25, -0.2) is 9.97 Å². The number of nitrogens with two attached hydrogens (primary N) is 1. The molecule has 0 amide bonds. The van der Waals surface area contributed by atoms with Crippen molar-refractivity contribution in [3.8, 4) is 23.0 Å². The Kier molecular flexibility index (Phi) is 4.83. The number of ether oxygens (including phenoxy) is 1. The van der Waals surface area contributed by atoms with E-state index in [1.807, 2.05) is 42.5 Å². The minimum absolute atomic E-state index is 0.413. The molecule has 0 aliphatic rings. The van der Waals surface area contributed by atoms with Crippen molar-refractivity contribution in [3.63, 3.8) is 0 Å². The number of hydrogen-bond donors (Lipinski definition) is 1. The maximum absolute atomic E-state index is 5.89. The summed E-state index contributed by atoms with van der Waals surface area (Å²) in [5, 5.41) is 4.12. The van der Waals surface area contributed by atoms with E-state index in [1.165, 1.54) is 4.73 Å². The van der Waals surface area contributed by atoms with Crippen LogP contribution in [-0.4, -0.2) is 22.2 Å². The Hall–Kier alpha value is -3.94. The normalized spacial score (nSPS) is 10.6. The number of hydrogen-bond acceptors (Lipinski definition) is 7. The van der Waals surface area contributed by atoms with Gasteiger partial charge in [0.25, 0.3) is 12.1 Å². The van der Waals surface area contributed by atoms with Crippen LogP contribution in [0.25, 0.3) is 11.3 Å². The molecule has 1 aromatic carbocycles. The minimum Gasteiger partial charge on any atom is -0.434 e. The molecule has 4 aromatic rings. The lowest BCUT2D eigenvalue weighted by molar-refractivity contribution is -0.886. The molecule has 0 aliphatic heterocycles. The van der Waals surface area contributed by atoms with Crippen LogP contribution in [0.2, 0.25) is 0 Å². The minimum atomic E-state index is 0.413. The first-order valence-electron chi connectivity index (χ1n) is 8.56. The van der Waals surface area contributed by atoms with Gasteiger partial charge in [-0.3, -0.25) is 4.84 Å². The second kappa shape index (κ2) is 7.75. The van der Waals surface area contributed by atoms with Crippen LogP contribution < -0.4 is 20.0 Å². The second-order valence-corrected chi connectivity index (χ2v) is 5.98. The van der Waals surface area contributed by atoms with Gasteiger partial charge in [-0.05, 0) is 29.8 Å². The topological polar surface area (TPSA) is 100 Å². The van der Waals surface area contributed by atoms with Crippen molar-refractivity contribution in [2.75, 3.05) is 12.8 Å². The average molecular weight is 376 g/mol. The number of anilines is 1. The molecule has 8 heteroatoms. The Balaban J connectivity index is 1.44. The molecule has 2 N–H and O–H groups in total. The number of nitrogens with zero attached hydrogens (tertiary/aromatic N) is 4. The summed E-state index contributed by atoms with van der Waals surface area (Å²) in [5.74, 6) is 2.12. The number of nitrogen functional groups attached to an aromatic ring is 1. The Labute approximate surface area is 161 Å². The first-order chi connectivity index (χ1) is 13.7. The third-order valence-electron chi connectivity index (χ3n) is 4.06. The highest BCUT2D eigenvalue weighted by molar-refractivity contribution is 5.69. The van der Waals surface area contributed by atoms with E-state index in [9.17, 15) is 0 Å². The molecule has 0 unspecified atom stereocenters. The first kappa shape index (κ1) is 17.5. The molecule has 0 fully saturated rings. The van der Waals surface area contributed by atoms with E-state index >= 15 is 0 Å². The molecule has 140 valence electrons. The van der Waals surface area contributed by atoms with Crippen LogP contribution in [0.15, 0.2) is 71.8 Å². The van der Waals surface area contributed by atoms with Gasteiger partial charge in [-0.2, -0.15) is 0 Å². The van der Waals surface area contributed by atoms with Crippen LogP contribution >= 0.6 is 0 Å². The molecular weight excluding hydrogens is 358 g/mol. The number of aromatic nitrogens is 4. The zero-order valence-corrected chi connectivity index (χ0v) is 15.1. The molecule has 28 heavy (non-hydrogen) atoms. The maximum Gasteiger partial charge on any atom is 0.290 e. The Morgan fingerprint density at radius 1 is 1.11 bits per heavy atom. The van der Waals surface area contributed by atoms with Crippen LogP contribution in [0.1, 0.15) is 11.3 Å². The van der Waals surface area contributed by atoms with E-state index in [2.05, 4.69) is 15.1 Å². The van der Waals surface area contributed by atoms with Gasteiger partial charge in [0.2, 0.25) is 6.20 Å². The summed E-state index contributed by atoms with van der Waals surface area (Å²) in [5.41, 5.74) is 8.49. The van der Waals surface area contributed by atoms with Gasteiger partial charge in [0.1, 0.15) is 18.7 Å². The predicted molar refractivity (Wildman–Crippen MR) is 100 cm³/mol. The van der Waals surface area contributed by atoms with E-state index in [1.54, 1.807) is 31.9 Å². The third kappa shape index (κ3) is 3.90. The van der Waals surface area contributed by atoms with Crippen molar-refractivity contribution in [1.29, 1.82) is 0 Å².